The fourth-order valence-corrected chi connectivity index (χ4v) is 2.98. The minimum atomic E-state index is -0.292. The number of carbonyl (C=O) groups is 1. The van der Waals surface area contributed by atoms with Gasteiger partial charge in [-0.2, -0.15) is 4.98 Å². The van der Waals surface area contributed by atoms with Crippen molar-refractivity contribution in [3.63, 3.8) is 0 Å². The molecule has 1 amide bonds. The molecule has 0 saturated carbocycles. The third kappa shape index (κ3) is 4.00. The van der Waals surface area contributed by atoms with Gasteiger partial charge in [0.15, 0.2) is 0 Å². The maximum atomic E-state index is 12.9. The topological polar surface area (TPSA) is 86.5 Å². The molecule has 0 bridgehead atoms. The predicted octanol–water partition coefficient (Wildman–Crippen LogP) is 4.67. The summed E-state index contributed by atoms with van der Waals surface area (Å²) in [6.45, 7) is 0. The zero-order valence-electron chi connectivity index (χ0n) is 16.5. The molecule has 0 aliphatic carbocycles. The Morgan fingerprint density at radius 1 is 0.900 bits per heavy atom. The number of hydrogen-bond acceptors (Lipinski definition) is 6. The Bertz CT molecular complexity index is 1190. The Balaban J connectivity index is 1.63. The summed E-state index contributed by atoms with van der Waals surface area (Å²) in [7, 11) is 3.17. The first-order valence-corrected chi connectivity index (χ1v) is 9.21. The number of benzene rings is 3. The van der Waals surface area contributed by atoms with Crippen LogP contribution in [-0.4, -0.2) is 30.3 Å². The lowest BCUT2D eigenvalue weighted by atomic mass is 10.1. The van der Waals surface area contributed by atoms with Crippen LogP contribution in [0.25, 0.3) is 22.8 Å². The minimum Gasteiger partial charge on any atom is -0.497 e. The van der Waals surface area contributed by atoms with Crippen LogP contribution in [-0.2, 0) is 0 Å². The van der Waals surface area contributed by atoms with Crippen molar-refractivity contribution >= 4 is 11.6 Å². The van der Waals surface area contributed by atoms with E-state index in [1.807, 2.05) is 36.4 Å². The van der Waals surface area contributed by atoms with E-state index in [0.29, 0.717) is 34.1 Å². The van der Waals surface area contributed by atoms with Gasteiger partial charge in [0.05, 0.1) is 25.3 Å². The van der Waals surface area contributed by atoms with Crippen molar-refractivity contribution in [2.24, 2.45) is 0 Å². The van der Waals surface area contributed by atoms with E-state index in [2.05, 4.69) is 15.5 Å². The van der Waals surface area contributed by atoms with Crippen LogP contribution in [0, 0.1) is 0 Å². The summed E-state index contributed by atoms with van der Waals surface area (Å²) in [5.41, 5.74) is 2.33. The van der Waals surface area contributed by atoms with Crippen LogP contribution in [0.15, 0.2) is 77.3 Å². The molecule has 3 aromatic carbocycles. The lowest BCUT2D eigenvalue weighted by molar-refractivity contribution is 0.102. The molecule has 4 aromatic rings. The number of anilines is 1. The van der Waals surface area contributed by atoms with Crippen LogP contribution < -0.4 is 14.8 Å². The highest BCUT2D eigenvalue weighted by molar-refractivity contribution is 6.08. The van der Waals surface area contributed by atoms with Crippen molar-refractivity contribution in [1.82, 2.24) is 10.1 Å². The van der Waals surface area contributed by atoms with Crippen LogP contribution in [0.5, 0.6) is 11.5 Å². The molecule has 0 radical (unpaired) electrons. The summed E-state index contributed by atoms with van der Waals surface area (Å²) in [4.78, 5) is 17.4. The predicted molar refractivity (Wildman–Crippen MR) is 113 cm³/mol. The Morgan fingerprint density at radius 2 is 1.63 bits per heavy atom. The summed E-state index contributed by atoms with van der Waals surface area (Å²) in [6, 6.07) is 21.6. The molecular formula is C23H19N3O4. The number of carbonyl (C=O) groups excluding carboxylic acids is 1. The van der Waals surface area contributed by atoms with E-state index in [9.17, 15) is 4.79 Å². The molecule has 0 fully saturated rings. The lowest BCUT2D eigenvalue weighted by Crippen LogP contribution is -2.13. The van der Waals surface area contributed by atoms with E-state index in [0.717, 1.165) is 5.56 Å². The second-order valence-corrected chi connectivity index (χ2v) is 6.39. The third-order valence-corrected chi connectivity index (χ3v) is 4.48. The summed E-state index contributed by atoms with van der Waals surface area (Å²) in [5, 5.41) is 6.93. The molecule has 1 N–H and O–H groups in total. The average Bonchev–Trinajstić information content (AvgIpc) is 3.29. The van der Waals surface area contributed by atoms with Crippen molar-refractivity contribution in [3.8, 4) is 34.3 Å². The van der Waals surface area contributed by atoms with Crippen molar-refractivity contribution in [1.29, 1.82) is 0 Å². The van der Waals surface area contributed by atoms with E-state index in [4.69, 9.17) is 14.0 Å². The second-order valence-electron chi connectivity index (χ2n) is 6.39. The highest BCUT2D eigenvalue weighted by Crippen LogP contribution is 2.27. The molecule has 150 valence electrons. The van der Waals surface area contributed by atoms with Gasteiger partial charge >= 0.3 is 0 Å². The Morgan fingerprint density at radius 3 is 2.43 bits per heavy atom. The summed E-state index contributed by atoms with van der Waals surface area (Å²) < 4.78 is 15.9. The number of aromatic nitrogens is 2. The largest absolute Gasteiger partial charge is 0.497 e. The van der Waals surface area contributed by atoms with Crippen molar-refractivity contribution in [2.45, 2.75) is 0 Å². The Labute approximate surface area is 173 Å². The number of rotatable bonds is 6. The van der Waals surface area contributed by atoms with E-state index >= 15 is 0 Å². The van der Waals surface area contributed by atoms with E-state index in [1.165, 1.54) is 0 Å². The highest BCUT2D eigenvalue weighted by atomic mass is 16.5. The molecule has 30 heavy (non-hydrogen) atoms. The molecule has 1 aromatic heterocycles. The molecule has 7 heteroatoms. The number of ether oxygens (including phenoxy) is 2. The molecule has 1 heterocycles. The van der Waals surface area contributed by atoms with Crippen LogP contribution in [0.4, 0.5) is 5.69 Å². The summed E-state index contributed by atoms with van der Waals surface area (Å²) in [6.07, 6.45) is 0. The molecule has 0 unspecified atom stereocenters. The smallest absolute Gasteiger partial charge is 0.259 e. The SMILES string of the molecule is COc1cccc(NC(=O)c2ccccc2-c2nc(-c3cccc(OC)c3)no2)c1. The molecule has 4 rings (SSSR count). The molecule has 0 atom stereocenters. The van der Waals surface area contributed by atoms with Gasteiger partial charge in [0.1, 0.15) is 11.5 Å². The van der Waals surface area contributed by atoms with Gasteiger partial charge in [0.25, 0.3) is 11.8 Å². The first kappa shape index (κ1) is 19.2. The molecule has 0 aliphatic heterocycles. The quantitative estimate of drug-likeness (QED) is 0.505. The van der Waals surface area contributed by atoms with E-state index in [-0.39, 0.29) is 11.8 Å². The van der Waals surface area contributed by atoms with E-state index in [1.54, 1.807) is 50.6 Å². The van der Waals surface area contributed by atoms with Gasteiger partial charge in [0, 0.05) is 17.3 Å². The van der Waals surface area contributed by atoms with Crippen molar-refractivity contribution < 1.29 is 18.8 Å². The molecule has 0 aliphatic rings. The Hall–Kier alpha value is -4.13. The number of nitrogens with zero attached hydrogens (tertiary/aromatic N) is 2. The van der Waals surface area contributed by atoms with Gasteiger partial charge in [-0.3, -0.25) is 4.79 Å². The maximum Gasteiger partial charge on any atom is 0.259 e. The van der Waals surface area contributed by atoms with Gasteiger partial charge in [-0.25, -0.2) is 0 Å². The summed E-state index contributed by atoms with van der Waals surface area (Å²) >= 11 is 0. The van der Waals surface area contributed by atoms with Crippen LogP contribution >= 0.6 is 0 Å². The standard InChI is InChI=1S/C23H19N3O4/c1-28-17-9-5-7-15(13-17)21-25-23(30-26-21)20-12-4-3-11-19(20)22(27)24-16-8-6-10-18(14-16)29-2/h3-14H,1-2H3,(H,24,27). The van der Waals surface area contributed by atoms with Crippen molar-refractivity contribution in [3.05, 3.63) is 78.4 Å². The number of methoxy groups -OCH3 is 2. The van der Waals surface area contributed by atoms with Crippen LogP contribution in [0.1, 0.15) is 10.4 Å². The molecule has 0 spiro atoms. The minimum absolute atomic E-state index is 0.254. The Kier molecular flexibility index (Phi) is 5.43. The fourth-order valence-electron chi connectivity index (χ4n) is 2.98. The lowest BCUT2D eigenvalue weighted by Gasteiger charge is -2.09. The fraction of sp³-hybridized carbons (Fsp3) is 0.0870. The van der Waals surface area contributed by atoms with Gasteiger partial charge in [-0.05, 0) is 36.4 Å². The maximum absolute atomic E-state index is 12.9. The normalized spacial score (nSPS) is 10.5. The molecule has 0 saturated heterocycles. The van der Waals surface area contributed by atoms with E-state index < -0.39 is 0 Å². The zero-order valence-corrected chi connectivity index (χ0v) is 16.5. The van der Waals surface area contributed by atoms with Gasteiger partial charge in [-0.15, -0.1) is 0 Å². The van der Waals surface area contributed by atoms with Gasteiger partial charge in [-0.1, -0.05) is 35.5 Å². The monoisotopic (exact) mass is 401 g/mol. The van der Waals surface area contributed by atoms with Gasteiger partial charge in [0.2, 0.25) is 5.82 Å². The average molecular weight is 401 g/mol. The number of nitrogens with one attached hydrogen (secondary N) is 1. The first-order valence-electron chi connectivity index (χ1n) is 9.21. The van der Waals surface area contributed by atoms with Gasteiger partial charge < -0.3 is 19.3 Å². The zero-order chi connectivity index (χ0) is 20.9. The van der Waals surface area contributed by atoms with Crippen molar-refractivity contribution in [2.75, 3.05) is 19.5 Å². The first-order chi connectivity index (χ1) is 14.7. The molecule has 7 nitrogen and oxygen atoms in total. The third-order valence-electron chi connectivity index (χ3n) is 4.48. The van der Waals surface area contributed by atoms with Crippen LogP contribution in [0.2, 0.25) is 0 Å². The number of hydrogen-bond donors (Lipinski definition) is 1. The summed E-state index contributed by atoms with van der Waals surface area (Å²) in [5.74, 6) is 1.72. The van der Waals surface area contributed by atoms with Crippen LogP contribution in [0.3, 0.4) is 0 Å². The molecular weight excluding hydrogens is 382 g/mol. The highest BCUT2D eigenvalue weighted by Gasteiger charge is 2.18. The second kappa shape index (κ2) is 8.48. The number of amides is 1.